The maximum atomic E-state index is 13.1. The van der Waals surface area contributed by atoms with Crippen molar-refractivity contribution in [1.29, 1.82) is 0 Å². The molecular weight excluding hydrogens is 495 g/mol. The number of aromatic nitrogens is 3. The highest BCUT2D eigenvalue weighted by molar-refractivity contribution is 6.35. The second-order valence-corrected chi connectivity index (χ2v) is 8.61. The van der Waals surface area contributed by atoms with E-state index >= 15 is 0 Å². The average Bonchev–Trinajstić information content (AvgIpc) is 3.65. The molecule has 10 heteroatoms. The Kier molecular flexibility index (Phi) is 5.56. The first-order chi connectivity index (χ1) is 18.3. The molecule has 6 rings (SSSR count). The highest BCUT2D eigenvalue weighted by Gasteiger charge is 2.31. The molecule has 1 aliphatic rings. The maximum absolute atomic E-state index is 13.1. The Bertz CT molecular complexity index is 1690. The number of rotatable bonds is 5. The van der Waals surface area contributed by atoms with Crippen molar-refractivity contribution in [2.75, 3.05) is 10.6 Å². The first kappa shape index (κ1) is 23.3. The topological polar surface area (TPSA) is 95.8 Å². The summed E-state index contributed by atoms with van der Waals surface area (Å²) in [6, 6.07) is 21.3. The quantitative estimate of drug-likeness (QED) is 0.220. The van der Waals surface area contributed by atoms with Gasteiger partial charge < -0.3 is 20.1 Å². The number of H-pyrrole nitrogens is 1. The van der Waals surface area contributed by atoms with E-state index in [1.165, 1.54) is 12.1 Å². The van der Waals surface area contributed by atoms with Crippen LogP contribution < -0.4 is 10.6 Å². The number of nitrogens with zero attached hydrogens (tertiary/aromatic N) is 2. The Labute approximate surface area is 214 Å². The van der Waals surface area contributed by atoms with Crippen molar-refractivity contribution in [3.8, 4) is 22.8 Å². The molecule has 2 aromatic heterocycles. The summed E-state index contributed by atoms with van der Waals surface area (Å²) >= 11 is 0. The fourth-order valence-corrected chi connectivity index (χ4v) is 4.19. The van der Waals surface area contributed by atoms with Crippen LogP contribution in [0.3, 0.4) is 0 Å². The van der Waals surface area contributed by atoms with E-state index in [1.807, 2.05) is 36.4 Å². The largest absolute Gasteiger partial charge is 0.416 e. The monoisotopic (exact) mass is 513 g/mol. The molecule has 0 atom stereocenters. The highest BCUT2D eigenvalue weighted by atomic mass is 19.4. The van der Waals surface area contributed by atoms with Crippen LogP contribution in [0.25, 0.3) is 34.5 Å². The van der Waals surface area contributed by atoms with Crippen molar-refractivity contribution in [3.05, 3.63) is 102 Å². The van der Waals surface area contributed by atoms with Gasteiger partial charge in [0.15, 0.2) is 0 Å². The van der Waals surface area contributed by atoms with Gasteiger partial charge in [0.25, 0.3) is 11.8 Å². The number of alkyl halides is 3. The van der Waals surface area contributed by atoms with Crippen LogP contribution in [0.15, 0.2) is 89.6 Å². The third kappa shape index (κ3) is 4.55. The lowest BCUT2D eigenvalue weighted by atomic mass is 10.1. The molecule has 0 saturated carbocycles. The minimum Gasteiger partial charge on any atom is -0.362 e. The van der Waals surface area contributed by atoms with Gasteiger partial charge in [0.1, 0.15) is 0 Å². The number of aromatic amines is 1. The van der Waals surface area contributed by atoms with Gasteiger partial charge >= 0.3 is 6.18 Å². The van der Waals surface area contributed by atoms with E-state index in [1.54, 1.807) is 30.5 Å². The Morgan fingerprint density at radius 3 is 2.53 bits per heavy atom. The van der Waals surface area contributed by atoms with Gasteiger partial charge in [-0.3, -0.25) is 4.79 Å². The summed E-state index contributed by atoms with van der Waals surface area (Å²) in [5, 5.41) is 10.0. The first-order valence-corrected chi connectivity index (χ1v) is 11.5. The number of benzene rings is 3. The number of hydrogen-bond donors (Lipinski definition) is 3. The second kappa shape index (κ2) is 9.07. The van der Waals surface area contributed by atoms with Gasteiger partial charge in [0.2, 0.25) is 5.82 Å². The summed E-state index contributed by atoms with van der Waals surface area (Å²) in [5.41, 5.74) is 4.37. The van der Waals surface area contributed by atoms with Crippen molar-refractivity contribution in [2.45, 2.75) is 6.18 Å². The highest BCUT2D eigenvalue weighted by Crippen LogP contribution is 2.36. The Balaban J connectivity index is 1.23. The molecule has 3 aromatic carbocycles. The van der Waals surface area contributed by atoms with Gasteiger partial charge in [-0.25, -0.2) is 0 Å². The summed E-state index contributed by atoms with van der Waals surface area (Å²) < 4.78 is 44.5. The zero-order valence-electron chi connectivity index (χ0n) is 19.5. The fourth-order valence-electron chi connectivity index (χ4n) is 4.19. The summed E-state index contributed by atoms with van der Waals surface area (Å²) in [6.07, 6.45) is -0.874. The molecular formula is C28H18F3N5O2. The molecule has 3 N–H and O–H groups in total. The van der Waals surface area contributed by atoms with E-state index in [-0.39, 0.29) is 23.2 Å². The van der Waals surface area contributed by atoms with Crippen molar-refractivity contribution < 1.29 is 22.5 Å². The molecule has 0 fully saturated rings. The van der Waals surface area contributed by atoms with E-state index in [9.17, 15) is 18.0 Å². The normalized spacial score (nSPS) is 14.0. The predicted molar refractivity (Wildman–Crippen MR) is 137 cm³/mol. The Morgan fingerprint density at radius 2 is 1.71 bits per heavy atom. The minimum absolute atomic E-state index is 0.0574. The SMILES string of the molecule is O=C1Nc2cc(Nc3cccc(-c4nc(-c5cccc(C(F)(F)F)c5)no4)c3)ccc2C1=Cc1ccc[nH]1. The zero-order valence-corrected chi connectivity index (χ0v) is 19.5. The molecule has 7 nitrogen and oxygen atoms in total. The molecule has 0 bridgehead atoms. The molecule has 188 valence electrons. The minimum atomic E-state index is -4.47. The number of fused-ring (bicyclic) bond motifs is 1. The van der Waals surface area contributed by atoms with Crippen LogP contribution in [0.5, 0.6) is 0 Å². The third-order valence-corrected chi connectivity index (χ3v) is 6.00. The Hall–Kier alpha value is -5.12. The lowest BCUT2D eigenvalue weighted by molar-refractivity contribution is -0.137. The van der Waals surface area contributed by atoms with E-state index in [4.69, 9.17) is 4.52 Å². The number of carbonyl (C=O) groups excluding carboxylic acids is 1. The van der Waals surface area contributed by atoms with Gasteiger partial charge in [-0.05, 0) is 60.7 Å². The van der Waals surface area contributed by atoms with Crippen LogP contribution in [-0.4, -0.2) is 21.0 Å². The summed E-state index contributed by atoms with van der Waals surface area (Å²) in [5.74, 6) is 0.0464. The van der Waals surface area contributed by atoms with Crippen LogP contribution in [0, 0.1) is 0 Å². The number of anilines is 3. The van der Waals surface area contributed by atoms with Crippen molar-refractivity contribution in [3.63, 3.8) is 0 Å². The number of carbonyl (C=O) groups is 1. The van der Waals surface area contributed by atoms with Crippen molar-refractivity contribution in [2.24, 2.45) is 0 Å². The average molecular weight is 513 g/mol. The smallest absolute Gasteiger partial charge is 0.362 e. The lowest BCUT2D eigenvalue weighted by Gasteiger charge is -2.09. The Morgan fingerprint density at radius 1 is 0.895 bits per heavy atom. The second-order valence-electron chi connectivity index (χ2n) is 8.61. The molecule has 0 radical (unpaired) electrons. The third-order valence-electron chi connectivity index (χ3n) is 6.00. The lowest BCUT2D eigenvalue weighted by Crippen LogP contribution is -2.04. The summed E-state index contributed by atoms with van der Waals surface area (Å²) in [6.45, 7) is 0. The van der Waals surface area contributed by atoms with Crippen LogP contribution in [-0.2, 0) is 11.0 Å². The molecule has 5 aromatic rings. The molecule has 1 aliphatic heterocycles. The molecule has 1 amide bonds. The van der Waals surface area contributed by atoms with Gasteiger partial charge in [-0.1, -0.05) is 29.4 Å². The van der Waals surface area contributed by atoms with Crippen LogP contribution in [0.1, 0.15) is 16.8 Å². The van der Waals surface area contributed by atoms with E-state index in [0.29, 0.717) is 22.5 Å². The maximum Gasteiger partial charge on any atom is 0.416 e. The van der Waals surface area contributed by atoms with Crippen molar-refractivity contribution >= 4 is 34.6 Å². The molecule has 0 aliphatic carbocycles. The zero-order chi connectivity index (χ0) is 26.3. The van der Waals surface area contributed by atoms with Gasteiger partial charge in [-0.2, -0.15) is 18.2 Å². The summed E-state index contributed by atoms with van der Waals surface area (Å²) in [4.78, 5) is 19.9. The summed E-state index contributed by atoms with van der Waals surface area (Å²) in [7, 11) is 0. The van der Waals surface area contributed by atoms with Gasteiger partial charge in [0, 0.05) is 40.0 Å². The van der Waals surface area contributed by atoms with E-state index in [0.717, 1.165) is 29.1 Å². The molecule has 0 spiro atoms. The van der Waals surface area contributed by atoms with Gasteiger partial charge in [0.05, 0.1) is 16.8 Å². The van der Waals surface area contributed by atoms with E-state index < -0.39 is 11.7 Å². The van der Waals surface area contributed by atoms with Gasteiger partial charge in [-0.15, -0.1) is 0 Å². The molecule has 38 heavy (non-hydrogen) atoms. The standard InChI is InChI=1S/C28H18F3N5O2/c29-28(30,31)18-6-1-4-16(12-18)25-35-27(38-36-25)17-5-2-7-20(13-17)33-21-9-10-22-23(14-19-8-3-11-32-19)26(37)34-24(22)15-21/h1-15,32-33H,(H,34,37). The van der Waals surface area contributed by atoms with Crippen LogP contribution in [0.2, 0.25) is 0 Å². The van der Waals surface area contributed by atoms with Crippen molar-refractivity contribution in [1.82, 2.24) is 15.1 Å². The predicted octanol–water partition coefficient (Wildman–Crippen LogP) is 6.99. The number of halogens is 3. The van der Waals surface area contributed by atoms with Crippen LogP contribution in [0.4, 0.5) is 30.2 Å². The fraction of sp³-hybridized carbons (Fsp3) is 0.0357. The number of hydrogen-bond acceptors (Lipinski definition) is 5. The van der Waals surface area contributed by atoms with Crippen LogP contribution >= 0.6 is 0 Å². The first-order valence-electron chi connectivity index (χ1n) is 11.5. The molecule has 3 heterocycles. The van der Waals surface area contributed by atoms with E-state index in [2.05, 4.69) is 25.8 Å². The number of amides is 1. The molecule has 0 saturated heterocycles. The molecule has 0 unspecified atom stereocenters. The number of nitrogens with one attached hydrogen (secondary N) is 3.